The summed E-state index contributed by atoms with van der Waals surface area (Å²) in [6, 6.07) is 5.14. The lowest BCUT2D eigenvalue weighted by Crippen LogP contribution is -2.36. The first kappa shape index (κ1) is 13.8. The molecule has 0 heterocycles. The van der Waals surface area contributed by atoms with Gasteiger partial charge in [0.2, 0.25) is 0 Å². The van der Waals surface area contributed by atoms with Crippen LogP contribution in [0.5, 0.6) is 0 Å². The SMILES string of the molecule is CNC(Cc1ccc(F)cc1Cl)C1CCCC1C. The molecule has 3 unspecified atom stereocenters. The third-order valence-corrected chi connectivity index (χ3v) is 4.62. The van der Waals surface area contributed by atoms with Crippen molar-refractivity contribution in [3.63, 3.8) is 0 Å². The summed E-state index contributed by atoms with van der Waals surface area (Å²) in [6.07, 6.45) is 4.80. The van der Waals surface area contributed by atoms with E-state index in [4.69, 9.17) is 11.6 Å². The lowest BCUT2D eigenvalue weighted by molar-refractivity contribution is 0.308. The van der Waals surface area contributed by atoms with Gasteiger partial charge in [-0.25, -0.2) is 4.39 Å². The highest BCUT2D eigenvalue weighted by molar-refractivity contribution is 6.31. The van der Waals surface area contributed by atoms with Gasteiger partial charge in [0, 0.05) is 11.1 Å². The smallest absolute Gasteiger partial charge is 0.124 e. The summed E-state index contributed by atoms with van der Waals surface area (Å²) in [4.78, 5) is 0. The minimum Gasteiger partial charge on any atom is -0.316 e. The van der Waals surface area contributed by atoms with Gasteiger partial charge in [-0.05, 0) is 49.4 Å². The number of nitrogens with one attached hydrogen (secondary N) is 1. The molecule has 1 aliphatic carbocycles. The highest BCUT2D eigenvalue weighted by atomic mass is 35.5. The maximum Gasteiger partial charge on any atom is 0.124 e. The summed E-state index contributed by atoms with van der Waals surface area (Å²) in [6.45, 7) is 2.33. The Kier molecular flexibility index (Phi) is 4.63. The molecule has 1 nitrogen and oxygen atoms in total. The van der Waals surface area contributed by atoms with Crippen LogP contribution in [0.1, 0.15) is 31.7 Å². The van der Waals surface area contributed by atoms with Gasteiger partial charge in [0.1, 0.15) is 5.82 Å². The zero-order chi connectivity index (χ0) is 13.1. The van der Waals surface area contributed by atoms with Crippen molar-refractivity contribution in [2.75, 3.05) is 7.05 Å². The second-order valence-corrected chi connectivity index (χ2v) is 5.81. The Morgan fingerprint density at radius 2 is 2.22 bits per heavy atom. The van der Waals surface area contributed by atoms with Crippen molar-refractivity contribution in [2.45, 2.75) is 38.6 Å². The van der Waals surface area contributed by atoms with Crippen LogP contribution < -0.4 is 5.32 Å². The largest absolute Gasteiger partial charge is 0.316 e. The lowest BCUT2D eigenvalue weighted by atomic mass is 9.86. The molecule has 0 amide bonds. The summed E-state index contributed by atoms with van der Waals surface area (Å²) in [7, 11) is 2.01. The van der Waals surface area contributed by atoms with Crippen LogP contribution in [0.2, 0.25) is 5.02 Å². The van der Waals surface area contributed by atoms with Gasteiger partial charge in [-0.2, -0.15) is 0 Å². The fraction of sp³-hybridized carbons (Fsp3) is 0.600. The van der Waals surface area contributed by atoms with Gasteiger partial charge in [0.15, 0.2) is 0 Å². The third-order valence-electron chi connectivity index (χ3n) is 4.27. The fourth-order valence-corrected chi connectivity index (χ4v) is 3.41. The Bertz CT molecular complexity index is 407. The van der Waals surface area contributed by atoms with Crippen LogP contribution in [-0.4, -0.2) is 13.1 Å². The van der Waals surface area contributed by atoms with E-state index in [-0.39, 0.29) is 5.82 Å². The Balaban J connectivity index is 2.10. The highest BCUT2D eigenvalue weighted by Crippen LogP contribution is 2.35. The molecule has 18 heavy (non-hydrogen) atoms. The van der Waals surface area contributed by atoms with Crippen molar-refractivity contribution in [2.24, 2.45) is 11.8 Å². The summed E-state index contributed by atoms with van der Waals surface area (Å²) in [5, 5.41) is 3.95. The molecule has 0 spiro atoms. The Morgan fingerprint density at radius 1 is 1.44 bits per heavy atom. The minimum absolute atomic E-state index is 0.265. The van der Waals surface area contributed by atoms with E-state index >= 15 is 0 Å². The van der Waals surface area contributed by atoms with Gasteiger partial charge in [-0.15, -0.1) is 0 Å². The van der Waals surface area contributed by atoms with Crippen molar-refractivity contribution >= 4 is 11.6 Å². The molecule has 3 atom stereocenters. The van der Waals surface area contributed by atoms with Gasteiger partial charge in [0.25, 0.3) is 0 Å². The molecule has 0 radical (unpaired) electrons. The number of hydrogen-bond donors (Lipinski definition) is 1. The van der Waals surface area contributed by atoms with Crippen molar-refractivity contribution in [1.82, 2.24) is 5.32 Å². The predicted molar refractivity (Wildman–Crippen MR) is 74.5 cm³/mol. The van der Waals surface area contributed by atoms with Gasteiger partial charge in [-0.1, -0.05) is 37.4 Å². The standard InChI is InChI=1S/C15H21ClFN/c1-10-4-3-5-13(10)15(18-2)8-11-6-7-12(17)9-14(11)16/h6-7,9-10,13,15,18H,3-5,8H2,1-2H3. The number of halogens is 2. The molecule has 1 aliphatic rings. The molecule has 0 bridgehead atoms. The average Bonchev–Trinajstić information content (AvgIpc) is 2.75. The average molecular weight is 270 g/mol. The first-order valence-corrected chi connectivity index (χ1v) is 7.10. The normalized spacial score (nSPS) is 25.3. The first-order chi connectivity index (χ1) is 8.61. The Hall–Kier alpha value is -0.600. The zero-order valence-corrected chi connectivity index (χ0v) is 11.8. The van der Waals surface area contributed by atoms with E-state index in [1.54, 1.807) is 0 Å². The van der Waals surface area contributed by atoms with Crippen LogP contribution in [0.3, 0.4) is 0 Å². The maximum atomic E-state index is 13.0. The topological polar surface area (TPSA) is 12.0 Å². The minimum atomic E-state index is -0.265. The summed E-state index contributed by atoms with van der Waals surface area (Å²) < 4.78 is 13.0. The molecule has 0 aliphatic heterocycles. The maximum absolute atomic E-state index is 13.0. The van der Waals surface area contributed by atoms with Crippen LogP contribution in [0, 0.1) is 17.7 Å². The highest BCUT2D eigenvalue weighted by Gasteiger charge is 2.30. The summed E-state index contributed by atoms with van der Waals surface area (Å²) >= 11 is 6.11. The zero-order valence-electron chi connectivity index (χ0n) is 11.0. The second-order valence-electron chi connectivity index (χ2n) is 5.41. The van der Waals surface area contributed by atoms with Crippen molar-refractivity contribution in [3.05, 3.63) is 34.6 Å². The molecule has 0 aromatic heterocycles. The Labute approximate surface area is 114 Å². The molecule has 100 valence electrons. The quantitative estimate of drug-likeness (QED) is 0.870. The van der Waals surface area contributed by atoms with E-state index < -0.39 is 0 Å². The van der Waals surface area contributed by atoms with Gasteiger partial charge < -0.3 is 5.32 Å². The van der Waals surface area contributed by atoms with E-state index in [9.17, 15) is 4.39 Å². The molecule has 3 heteroatoms. The first-order valence-electron chi connectivity index (χ1n) is 6.73. The van der Waals surface area contributed by atoms with Crippen LogP contribution in [0.25, 0.3) is 0 Å². The summed E-state index contributed by atoms with van der Waals surface area (Å²) in [5.41, 5.74) is 1.04. The number of likely N-dealkylation sites (N-methyl/N-ethyl adjacent to an activating group) is 1. The van der Waals surface area contributed by atoms with Crippen molar-refractivity contribution in [1.29, 1.82) is 0 Å². The van der Waals surface area contributed by atoms with Gasteiger partial charge in [-0.3, -0.25) is 0 Å². The second kappa shape index (κ2) is 6.03. The van der Waals surface area contributed by atoms with Gasteiger partial charge >= 0.3 is 0 Å². The molecule has 1 N–H and O–H groups in total. The predicted octanol–water partition coefficient (Wildman–Crippen LogP) is 4.05. The molecule has 1 aromatic rings. The monoisotopic (exact) mass is 269 g/mol. The van der Waals surface area contributed by atoms with E-state index in [1.807, 2.05) is 13.1 Å². The van der Waals surface area contributed by atoms with Crippen LogP contribution in [0.4, 0.5) is 4.39 Å². The molecule has 1 aromatic carbocycles. The Morgan fingerprint density at radius 3 is 2.78 bits per heavy atom. The third kappa shape index (κ3) is 3.04. The number of hydrogen-bond acceptors (Lipinski definition) is 1. The number of benzene rings is 1. The molecular weight excluding hydrogens is 249 g/mol. The van der Waals surface area contributed by atoms with Crippen LogP contribution in [0.15, 0.2) is 18.2 Å². The van der Waals surface area contributed by atoms with Crippen LogP contribution >= 0.6 is 11.6 Å². The lowest BCUT2D eigenvalue weighted by Gasteiger charge is -2.27. The molecule has 0 saturated heterocycles. The molecule has 1 fully saturated rings. The van der Waals surface area contributed by atoms with E-state index in [0.29, 0.717) is 17.0 Å². The number of rotatable bonds is 4. The van der Waals surface area contributed by atoms with Crippen molar-refractivity contribution < 1.29 is 4.39 Å². The van der Waals surface area contributed by atoms with E-state index in [1.165, 1.54) is 31.4 Å². The fourth-order valence-electron chi connectivity index (χ4n) is 3.16. The van der Waals surface area contributed by atoms with Crippen molar-refractivity contribution in [3.8, 4) is 0 Å². The van der Waals surface area contributed by atoms with E-state index in [2.05, 4.69) is 12.2 Å². The summed E-state index contributed by atoms with van der Waals surface area (Å²) in [5.74, 6) is 1.21. The van der Waals surface area contributed by atoms with Gasteiger partial charge in [0.05, 0.1) is 0 Å². The molecular formula is C15H21ClFN. The van der Waals surface area contributed by atoms with E-state index in [0.717, 1.165) is 17.9 Å². The molecule has 1 saturated carbocycles. The molecule has 2 rings (SSSR count). The van der Waals surface area contributed by atoms with Crippen LogP contribution in [-0.2, 0) is 6.42 Å².